The summed E-state index contributed by atoms with van der Waals surface area (Å²) < 4.78 is 18.2. The van der Waals surface area contributed by atoms with Gasteiger partial charge in [0, 0.05) is 10.0 Å². The summed E-state index contributed by atoms with van der Waals surface area (Å²) in [6, 6.07) is 15.5. The Bertz CT molecular complexity index is 1070. The summed E-state index contributed by atoms with van der Waals surface area (Å²) in [4.78, 5) is 13.8. The molecular formula is C25H25BrO4. The fourth-order valence-corrected chi connectivity index (χ4v) is 3.86. The number of halogens is 1. The number of carbonyl (C=O) groups is 1. The lowest BCUT2D eigenvalue weighted by Crippen LogP contribution is -2.13. The fraction of sp³-hybridized carbons (Fsp3) is 0.240. The molecular weight excluding hydrogens is 444 g/mol. The lowest BCUT2D eigenvalue weighted by atomic mass is 9.91. The Labute approximate surface area is 185 Å². The van der Waals surface area contributed by atoms with Gasteiger partial charge in [-0.05, 0) is 55.2 Å². The molecule has 0 amide bonds. The van der Waals surface area contributed by atoms with E-state index in [0.29, 0.717) is 35.0 Å². The van der Waals surface area contributed by atoms with Gasteiger partial charge in [0.25, 0.3) is 0 Å². The Balaban J connectivity index is 2.18. The molecule has 0 unspecified atom stereocenters. The Hall–Kier alpha value is -2.79. The normalized spacial score (nSPS) is 10.6. The van der Waals surface area contributed by atoms with Gasteiger partial charge < -0.3 is 14.2 Å². The molecule has 3 rings (SSSR count). The molecule has 0 spiro atoms. The number of hydrogen-bond acceptors (Lipinski definition) is 4. The fourth-order valence-electron chi connectivity index (χ4n) is 3.53. The number of ether oxygens (including phenoxy) is 3. The molecule has 5 heteroatoms. The van der Waals surface area contributed by atoms with Gasteiger partial charge in [0.2, 0.25) is 5.75 Å². The topological polar surface area (TPSA) is 44.8 Å². The van der Waals surface area contributed by atoms with Crippen LogP contribution in [-0.4, -0.2) is 20.0 Å². The minimum atomic E-state index is -0.104. The summed E-state index contributed by atoms with van der Waals surface area (Å²) >= 11 is 3.54. The van der Waals surface area contributed by atoms with Gasteiger partial charge in [-0.3, -0.25) is 4.79 Å². The minimum Gasteiger partial charge on any atom is -0.493 e. The molecule has 3 aromatic carbocycles. The molecule has 0 aromatic heterocycles. The SMILES string of the molecule is COc1cc(C)c(C(=O)c2c(C)ccc(Br)c2C)c(OCc2ccccc2)c1OC. The van der Waals surface area contributed by atoms with Gasteiger partial charge in [0.1, 0.15) is 6.61 Å². The van der Waals surface area contributed by atoms with Gasteiger partial charge in [0.05, 0.1) is 19.8 Å². The maximum absolute atomic E-state index is 13.8. The second-order valence-corrected chi connectivity index (χ2v) is 7.96. The van der Waals surface area contributed by atoms with E-state index in [1.54, 1.807) is 14.2 Å². The molecule has 156 valence electrons. The standard InChI is InChI=1S/C25H25BrO4/c1-15-11-12-19(26)17(3)21(15)23(27)22-16(2)13-20(28-4)24(29-5)25(22)30-14-18-9-7-6-8-10-18/h6-13H,14H2,1-5H3. The third-order valence-electron chi connectivity index (χ3n) is 5.11. The second-order valence-electron chi connectivity index (χ2n) is 7.10. The van der Waals surface area contributed by atoms with Crippen LogP contribution < -0.4 is 14.2 Å². The Morgan fingerprint density at radius 3 is 2.20 bits per heavy atom. The van der Waals surface area contributed by atoms with E-state index in [0.717, 1.165) is 26.7 Å². The highest BCUT2D eigenvalue weighted by Crippen LogP contribution is 2.44. The van der Waals surface area contributed by atoms with Crippen molar-refractivity contribution in [2.75, 3.05) is 14.2 Å². The van der Waals surface area contributed by atoms with Crippen LogP contribution in [0.2, 0.25) is 0 Å². The van der Waals surface area contributed by atoms with Crippen molar-refractivity contribution >= 4 is 21.7 Å². The zero-order valence-electron chi connectivity index (χ0n) is 17.8. The number of methoxy groups -OCH3 is 2. The van der Waals surface area contributed by atoms with Crippen molar-refractivity contribution in [1.82, 2.24) is 0 Å². The van der Waals surface area contributed by atoms with Gasteiger partial charge in [-0.1, -0.05) is 52.3 Å². The molecule has 0 aliphatic carbocycles. The van der Waals surface area contributed by atoms with Crippen molar-refractivity contribution < 1.29 is 19.0 Å². The van der Waals surface area contributed by atoms with Gasteiger partial charge in [-0.2, -0.15) is 0 Å². The van der Waals surface area contributed by atoms with E-state index in [-0.39, 0.29) is 5.78 Å². The predicted octanol–water partition coefficient (Wildman–Crippen LogP) is 6.20. The largest absolute Gasteiger partial charge is 0.493 e. The summed E-state index contributed by atoms with van der Waals surface area (Å²) in [6.45, 7) is 6.06. The zero-order chi connectivity index (χ0) is 21.8. The van der Waals surface area contributed by atoms with Crippen molar-refractivity contribution in [3.8, 4) is 17.2 Å². The van der Waals surface area contributed by atoms with E-state index < -0.39 is 0 Å². The third kappa shape index (κ3) is 4.21. The lowest BCUT2D eigenvalue weighted by molar-refractivity contribution is 0.103. The number of ketones is 1. The number of hydrogen-bond donors (Lipinski definition) is 0. The van der Waals surface area contributed by atoms with Crippen LogP contribution in [0.4, 0.5) is 0 Å². The Kier molecular flexibility index (Phi) is 6.83. The molecule has 0 saturated carbocycles. The molecule has 0 aliphatic rings. The van der Waals surface area contributed by atoms with Crippen LogP contribution in [0.25, 0.3) is 0 Å². The highest BCUT2D eigenvalue weighted by atomic mass is 79.9. The first-order valence-electron chi connectivity index (χ1n) is 9.61. The van der Waals surface area contributed by atoms with Crippen molar-refractivity contribution in [3.05, 3.63) is 86.4 Å². The monoisotopic (exact) mass is 468 g/mol. The summed E-state index contributed by atoms with van der Waals surface area (Å²) in [7, 11) is 3.12. The highest BCUT2D eigenvalue weighted by molar-refractivity contribution is 9.10. The lowest BCUT2D eigenvalue weighted by Gasteiger charge is -2.20. The zero-order valence-corrected chi connectivity index (χ0v) is 19.4. The smallest absolute Gasteiger partial charge is 0.204 e. The van der Waals surface area contributed by atoms with Crippen LogP contribution in [-0.2, 0) is 6.61 Å². The van der Waals surface area contributed by atoms with Crippen molar-refractivity contribution in [2.24, 2.45) is 0 Å². The average Bonchev–Trinajstić information content (AvgIpc) is 2.75. The predicted molar refractivity (Wildman–Crippen MR) is 122 cm³/mol. The van der Waals surface area contributed by atoms with Crippen molar-refractivity contribution in [1.29, 1.82) is 0 Å². The van der Waals surface area contributed by atoms with Gasteiger partial charge in [-0.25, -0.2) is 0 Å². The molecule has 0 heterocycles. The maximum Gasteiger partial charge on any atom is 0.204 e. The van der Waals surface area contributed by atoms with E-state index in [4.69, 9.17) is 14.2 Å². The summed E-state index contributed by atoms with van der Waals surface area (Å²) in [6.07, 6.45) is 0. The number of aryl methyl sites for hydroxylation is 2. The molecule has 4 nitrogen and oxygen atoms in total. The summed E-state index contributed by atoms with van der Waals surface area (Å²) in [5, 5.41) is 0. The van der Waals surface area contributed by atoms with E-state index in [2.05, 4.69) is 15.9 Å². The van der Waals surface area contributed by atoms with E-state index in [9.17, 15) is 4.79 Å². The molecule has 0 bridgehead atoms. The number of benzene rings is 3. The molecule has 30 heavy (non-hydrogen) atoms. The van der Waals surface area contributed by atoms with Gasteiger partial charge in [-0.15, -0.1) is 0 Å². The van der Waals surface area contributed by atoms with Gasteiger partial charge in [0.15, 0.2) is 17.3 Å². The molecule has 0 atom stereocenters. The molecule has 0 saturated heterocycles. The second kappa shape index (κ2) is 9.35. The minimum absolute atomic E-state index is 0.104. The Morgan fingerprint density at radius 1 is 0.867 bits per heavy atom. The van der Waals surface area contributed by atoms with Crippen molar-refractivity contribution in [3.63, 3.8) is 0 Å². The van der Waals surface area contributed by atoms with Crippen LogP contribution in [0.1, 0.15) is 38.2 Å². The van der Waals surface area contributed by atoms with Crippen LogP contribution in [0.5, 0.6) is 17.2 Å². The third-order valence-corrected chi connectivity index (χ3v) is 5.97. The first-order chi connectivity index (χ1) is 14.4. The first-order valence-corrected chi connectivity index (χ1v) is 10.4. The van der Waals surface area contributed by atoms with Crippen molar-refractivity contribution in [2.45, 2.75) is 27.4 Å². The Morgan fingerprint density at radius 2 is 1.57 bits per heavy atom. The number of rotatable bonds is 7. The summed E-state index contributed by atoms with van der Waals surface area (Å²) in [5.74, 6) is 1.22. The van der Waals surface area contributed by atoms with Crippen LogP contribution in [0, 0.1) is 20.8 Å². The quantitative estimate of drug-likeness (QED) is 0.387. The maximum atomic E-state index is 13.8. The van der Waals surface area contributed by atoms with E-state index in [1.807, 2.05) is 69.3 Å². The van der Waals surface area contributed by atoms with Crippen LogP contribution >= 0.6 is 15.9 Å². The molecule has 3 aromatic rings. The molecule has 0 fully saturated rings. The first kappa shape index (κ1) is 21.9. The molecule has 0 N–H and O–H groups in total. The average molecular weight is 469 g/mol. The van der Waals surface area contributed by atoms with E-state index >= 15 is 0 Å². The number of carbonyl (C=O) groups excluding carboxylic acids is 1. The molecule has 0 radical (unpaired) electrons. The summed E-state index contributed by atoms with van der Waals surface area (Å²) in [5.41, 5.74) is 4.69. The van der Waals surface area contributed by atoms with Gasteiger partial charge >= 0.3 is 0 Å². The van der Waals surface area contributed by atoms with Crippen LogP contribution in [0.15, 0.2) is 53.0 Å². The van der Waals surface area contributed by atoms with E-state index in [1.165, 1.54) is 0 Å². The molecule has 0 aliphatic heterocycles. The highest BCUT2D eigenvalue weighted by Gasteiger charge is 2.27. The van der Waals surface area contributed by atoms with Crippen LogP contribution in [0.3, 0.4) is 0 Å².